The maximum atomic E-state index is 5.45. The maximum absolute atomic E-state index is 5.45. The quantitative estimate of drug-likeness (QED) is 0.595. The molecule has 0 aromatic carbocycles. The number of rotatable bonds is 2. The Labute approximate surface area is 65.4 Å². The summed E-state index contributed by atoms with van der Waals surface area (Å²) in [4.78, 5) is 3.89. The van der Waals surface area contributed by atoms with Crippen LogP contribution in [0.3, 0.4) is 0 Å². The van der Waals surface area contributed by atoms with Crippen molar-refractivity contribution >= 4 is 17.7 Å². The highest BCUT2D eigenvalue weighted by molar-refractivity contribution is 6.19. The van der Waals surface area contributed by atoms with Crippen molar-refractivity contribution in [2.45, 2.75) is 0 Å². The largest absolute Gasteiger partial charge is 0.265 e. The summed E-state index contributed by atoms with van der Waals surface area (Å²) in [6.07, 6.45) is 7.38. The molecule has 0 aliphatic carbocycles. The van der Waals surface area contributed by atoms with E-state index < -0.39 is 0 Å². The normalized spacial score (nSPS) is 10.5. The molecule has 0 atom stereocenters. The molecule has 0 saturated heterocycles. The fourth-order valence-electron chi connectivity index (χ4n) is 0.655. The summed E-state index contributed by atoms with van der Waals surface area (Å²) in [5.41, 5.74) is 1.13. The van der Waals surface area contributed by atoms with Crippen molar-refractivity contribution in [3.63, 3.8) is 0 Å². The lowest BCUT2D eigenvalue weighted by atomic mass is 10.2. The first-order valence-corrected chi connectivity index (χ1v) is 3.59. The molecule has 2 heteroatoms. The highest BCUT2D eigenvalue weighted by Gasteiger charge is 1.80. The molecule has 1 aromatic heterocycles. The summed E-state index contributed by atoms with van der Waals surface area (Å²) in [5.74, 6) is 0.558. The average molecular weight is 154 g/mol. The Morgan fingerprint density at radius 3 is 2.70 bits per heavy atom. The number of halogens is 1. The van der Waals surface area contributed by atoms with Crippen LogP contribution in [0.4, 0.5) is 0 Å². The van der Waals surface area contributed by atoms with Gasteiger partial charge in [-0.1, -0.05) is 12.2 Å². The molecule has 1 nitrogen and oxygen atoms in total. The van der Waals surface area contributed by atoms with Gasteiger partial charge in [0.1, 0.15) is 0 Å². The van der Waals surface area contributed by atoms with Crippen molar-refractivity contribution in [3.8, 4) is 0 Å². The molecule has 0 bridgehead atoms. The molecule has 0 amide bonds. The van der Waals surface area contributed by atoms with E-state index in [-0.39, 0.29) is 0 Å². The first-order chi connectivity index (χ1) is 4.93. The number of hydrogen-bond donors (Lipinski definition) is 0. The Balaban J connectivity index is 2.67. The molecule has 1 rings (SSSR count). The highest BCUT2D eigenvalue weighted by atomic mass is 35.5. The van der Waals surface area contributed by atoms with Crippen molar-refractivity contribution < 1.29 is 0 Å². The Morgan fingerprint density at radius 2 is 2.10 bits per heavy atom. The van der Waals surface area contributed by atoms with E-state index >= 15 is 0 Å². The number of aromatic nitrogens is 1. The zero-order chi connectivity index (χ0) is 7.23. The molecule has 1 heterocycles. The molecule has 0 radical (unpaired) electrons. The Bertz CT molecular complexity index is 206. The molecular formula is C8H8ClN. The molecule has 0 aliphatic rings. The van der Waals surface area contributed by atoms with Crippen LogP contribution in [-0.2, 0) is 0 Å². The molecule has 0 N–H and O–H groups in total. The number of allylic oxidation sites excluding steroid dienone is 1. The van der Waals surface area contributed by atoms with E-state index in [9.17, 15) is 0 Å². The first kappa shape index (κ1) is 7.29. The predicted octanol–water partition coefficient (Wildman–Crippen LogP) is 2.33. The smallest absolute Gasteiger partial charge is 0.0407 e. The van der Waals surface area contributed by atoms with Gasteiger partial charge in [-0.05, 0) is 17.7 Å². The molecule has 10 heavy (non-hydrogen) atoms. The lowest BCUT2D eigenvalue weighted by Crippen LogP contribution is -1.71. The topological polar surface area (TPSA) is 12.9 Å². The van der Waals surface area contributed by atoms with E-state index in [2.05, 4.69) is 4.98 Å². The van der Waals surface area contributed by atoms with Crippen LogP contribution in [0.15, 0.2) is 30.6 Å². The Morgan fingerprint density at radius 1 is 1.40 bits per heavy atom. The van der Waals surface area contributed by atoms with Crippen LogP contribution in [0.1, 0.15) is 5.56 Å². The van der Waals surface area contributed by atoms with Gasteiger partial charge < -0.3 is 0 Å². The lowest BCUT2D eigenvalue weighted by molar-refractivity contribution is 1.32. The molecule has 0 spiro atoms. The van der Waals surface area contributed by atoms with Gasteiger partial charge in [0.25, 0.3) is 0 Å². The van der Waals surface area contributed by atoms with Crippen LogP contribution in [0.5, 0.6) is 0 Å². The van der Waals surface area contributed by atoms with Gasteiger partial charge >= 0.3 is 0 Å². The minimum atomic E-state index is 0.558. The molecule has 1 aromatic rings. The van der Waals surface area contributed by atoms with E-state index in [0.717, 1.165) is 5.56 Å². The fourth-order valence-corrected chi connectivity index (χ4v) is 0.744. The van der Waals surface area contributed by atoms with Crippen LogP contribution < -0.4 is 0 Å². The lowest BCUT2D eigenvalue weighted by Gasteiger charge is -1.87. The summed E-state index contributed by atoms with van der Waals surface area (Å²) >= 11 is 5.45. The number of nitrogens with zero attached hydrogens (tertiary/aromatic N) is 1. The fraction of sp³-hybridized carbons (Fsp3) is 0.125. The number of alkyl halides is 1. The van der Waals surface area contributed by atoms with Gasteiger partial charge in [0.05, 0.1) is 0 Å². The van der Waals surface area contributed by atoms with E-state index in [4.69, 9.17) is 11.6 Å². The third-order valence-electron chi connectivity index (χ3n) is 1.11. The van der Waals surface area contributed by atoms with E-state index in [1.54, 1.807) is 12.4 Å². The van der Waals surface area contributed by atoms with E-state index in [1.807, 2.05) is 24.3 Å². The number of hydrogen-bond acceptors (Lipinski definition) is 1. The van der Waals surface area contributed by atoms with Gasteiger partial charge in [-0.25, -0.2) is 0 Å². The third-order valence-corrected chi connectivity index (χ3v) is 1.28. The molecule has 52 valence electrons. The van der Waals surface area contributed by atoms with Crippen molar-refractivity contribution in [1.82, 2.24) is 4.98 Å². The second-order valence-electron chi connectivity index (χ2n) is 1.84. The third kappa shape index (κ3) is 2.19. The van der Waals surface area contributed by atoms with Crippen molar-refractivity contribution in [2.75, 3.05) is 5.88 Å². The van der Waals surface area contributed by atoms with E-state index in [0.29, 0.717) is 5.88 Å². The second-order valence-corrected chi connectivity index (χ2v) is 2.15. The molecule has 0 aliphatic heterocycles. The van der Waals surface area contributed by atoms with Crippen molar-refractivity contribution in [2.24, 2.45) is 0 Å². The van der Waals surface area contributed by atoms with Crippen LogP contribution in [0.2, 0.25) is 0 Å². The summed E-state index contributed by atoms with van der Waals surface area (Å²) in [5, 5.41) is 0. The molecule has 0 saturated carbocycles. The molecule has 0 fully saturated rings. The summed E-state index contributed by atoms with van der Waals surface area (Å²) in [7, 11) is 0. The van der Waals surface area contributed by atoms with Gasteiger partial charge in [-0.3, -0.25) is 4.98 Å². The minimum Gasteiger partial charge on any atom is -0.265 e. The van der Waals surface area contributed by atoms with Crippen LogP contribution >= 0.6 is 11.6 Å². The summed E-state index contributed by atoms with van der Waals surface area (Å²) in [6, 6.07) is 3.87. The molecule has 0 unspecified atom stereocenters. The van der Waals surface area contributed by atoms with Crippen molar-refractivity contribution in [3.05, 3.63) is 36.2 Å². The average Bonchev–Trinajstić information content (AvgIpc) is 2.03. The van der Waals surface area contributed by atoms with Crippen LogP contribution in [0, 0.1) is 0 Å². The van der Waals surface area contributed by atoms with Gasteiger partial charge in [-0.15, -0.1) is 11.6 Å². The zero-order valence-corrected chi connectivity index (χ0v) is 6.25. The standard InChI is InChI=1S/C8H8ClN/c9-5-1-2-8-3-6-10-7-4-8/h1-4,6-7H,5H2. The summed E-state index contributed by atoms with van der Waals surface area (Å²) in [6.45, 7) is 0. The van der Waals surface area contributed by atoms with Gasteiger partial charge in [-0.2, -0.15) is 0 Å². The minimum absolute atomic E-state index is 0.558. The first-order valence-electron chi connectivity index (χ1n) is 3.06. The number of pyridine rings is 1. The monoisotopic (exact) mass is 153 g/mol. The Hall–Kier alpha value is -0.820. The summed E-state index contributed by atoms with van der Waals surface area (Å²) < 4.78 is 0. The predicted molar refractivity (Wildman–Crippen MR) is 44.0 cm³/mol. The SMILES string of the molecule is ClCC=Cc1ccncc1. The van der Waals surface area contributed by atoms with Crippen LogP contribution in [0.25, 0.3) is 6.08 Å². The van der Waals surface area contributed by atoms with Gasteiger partial charge in [0, 0.05) is 18.3 Å². The Kier molecular flexibility index (Phi) is 2.97. The van der Waals surface area contributed by atoms with Gasteiger partial charge in [0.15, 0.2) is 0 Å². The van der Waals surface area contributed by atoms with Crippen LogP contribution in [-0.4, -0.2) is 10.9 Å². The second kappa shape index (κ2) is 4.07. The van der Waals surface area contributed by atoms with Gasteiger partial charge in [0.2, 0.25) is 0 Å². The highest BCUT2D eigenvalue weighted by Crippen LogP contribution is 1.98. The van der Waals surface area contributed by atoms with Crippen molar-refractivity contribution in [1.29, 1.82) is 0 Å². The molecular weight excluding hydrogens is 146 g/mol. The zero-order valence-electron chi connectivity index (χ0n) is 5.50. The maximum Gasteiger partial charge on any atom is 0.0407 e. The van der Waals surface area contributed by atoms with E-state index in [1.165, 1.54) is 0 Å².